The molecule has 0 aliphatic carbocycles. The fraction of sp³-hybridized carbons (Fsp3) is 0.211. The van der Waals surface area contributed by atoms with Gasteiger partial charge in [0.25, 0.3) is 0 Å². The molecule has 0 fully saturated rings. The van der Waals surface area contributed by atoms with Gasteiger partial charge in [0.2, 0.25) is 11.8 Å². The Kier molecular flexibility index (Phi) is 7.23. The summed E-state index contributed by atoms with van der Waals surface area (Å²) < 4.78 is 5.05. The monoisotopic (exact) mass is 372 g/mol. The van der Waals surface area contributed by atoms with Gasteiger partial charge in [-0.25, -0.2) is 0 Å². The second kappa shape index (κ2) is 9.62. The van der Waals surface area contributed by atoms with Crippen LogP contribution in [0.25, 0.3) is 0 Å². The number of benzene rings is 2. The number of Topliss-reactive ketones (excluding diaryl/α,β-unsaturated/α-hetero) is 1. The SMILES string of the molecule is COc1ccc(NC(=O)CSCC(=O)Nc2cccc(C(C)=O)c2)cc1. The third-order valence-electron chi connectivity index (χ3n) is 3.39. The summed E-state index contributed by atoms with van der Waals surface area (Å²) in [7, 11) is 1.58. The first-order valence-electron chi connectivity index (χ1n) is 7.90. The standard InChI is InChI=1S/C19H20N2O4S/c1-13(22)14-4-3-5-16(10-14)21-19(24)12-26-11-18(23)20-15-6-8-17(25-2)9-7-15/h3-10H,11-12H2,1-2H3,(H,20,23)(H,21,24). The maximum absolute atomic E-state index is 11.9. The second-order valence-electron chi connectivity index (χ2n) is 5.45. The lowest BCUT2D eigenvalue weighted by Crippen LogP contribution is -2.18. The van der Waals surface area contributed by atoms with Gasteiger partial charge in [0.15, 0.2) is 5.78 Å². The number of thioether (sulfide) groups is 1. The first kappa shape index (κ1) is 19.5. The van der Waals surface area contributed by atoms with Crippen LogP contribution in [0.2, 0.25) is 0 Å². The molecule has 0 unspecified atom stereocenters. The van der Waals surface area contributed by atoms with Crippen molar-refractivity contribution in [3.05, 3.63) is 54.1 Å². The van der Waals surface area contributed by atoms with Crippen molar-refractivity contribution >= 4 is 40.7 Å². The Hall–Kier alpha value is -2.80. The summed E-state index contributed by atoms with van der Waals surface area (Å²) in [6, 6.07) is 13.7. The van der Waals surface area contributed by atoms with Gasteiger partial charge in [-0.1, -0.05) is 12.1 Å². The van der Waals surface area contributed by atoms with Crippen LogP contribution >= 0.6 is 11.8 Å². The van der Waals surface area contributed by atoms with Crippen molar-refractivity contribution in [2.75, 3.05) is 29.2 Å². The Morgan fingerprint density at radius 1 is 0.923 bits per heavy atom. The molecule has 2 aromatic rings. The lowest BCUT2D eigenvalue weighted by Gasteiger charge is -2.07. The molecule has 0 radical (unpaired) electrons. The van der Waals surface area contributed by atoms with Gasteiger partial charge in [0.1, 0.15) is 5.75 Å². The molecule has 2 N–H and O–H groups in total. The molecule has 2 rings (SSSR count). The van der Waals surface area contributed by atoms with Crippen LogP contribution < -0.4 is 15.4 Å². The highest BCUT2D eigenvalue weighted by Gasteiger charge is 2.08. The molecular weight excluding hydrogens is 352 g/mol. The van der Waals surface area contributed by atoms with Gasteiger partial charge in [-0.3, -0.25) is 14.4 Å². The molecule has 2 aromatic carbocycles. The molecule has 2 amide bonds. The Labute approximate surface area is 156 Å². The van der Waals surface area contributed by atoms with E-state index in [2.05, 4.69) is 10.6 Å². The van der Waals surface area contributed by atoms with Crippen LogP contribution in [0.1, 0.15) is 17.3 Å². The Morgan fingerprint density at radius 2 is 1.54 bits per heavy atom. The van der Waals surface area contributed by atoms with Gasteiger partial charge in [0.05, 0.1) is 18.6 Å². The maximum atomic E-state index is 11.9. The molecule has 0 aliphatic heterocycles. The molecule has 0 saturated heterocycles. The van der Waals surface area contributed by atoms with E-state index in [4.69, 9.17) is 4.74 Å². The van der Waals surface area contributed by atoms with Crippen molar-refractivity contribution in [2.45, 2.75) is 6.92 Å². The number of methoxy groups -OCH3 is 1. The average Bonchev–Trinajstić information content (AvgIpc) is 2.62. The van der Waals surface area contributed by atoms with E-state index < -0.39 is 0 Å². The number of hydrogen-bond acceptors (Lipinski definition) is 5. The number of hydrogen-bond donors (Lipinski definition) is 2. The average molecular weight is 372 g/mol. The van der Waals surface area contributed by atoms with Gasteiger partial charge in [-0.15, -0.1) is 11.8 Å². The van der Waals surface area contributed by atoms with E-state index in [-0.39, 0.29) is 29.1 Å². The topological polar surface area (TPSA) is 84.5 Å². The minimum Gasteiger partial charge on any atom is -0.497 e. The second-order valence-corrected chi connectivity index (χ2v) is 6.44. The number of anilines is 2. The van der Waals surface area contributed by atoms with Crippen molar-refractivity contribution in [1.29, 1.82) is 0 Å². The van der Waals surface area contributed by atoms with Gasteiger partial charge >= 0.3 is 0 Å². The third kappa shape index (κ3) is 6.25. The normalized spacial score (nSPS) is 10.1. The van der Waals surface area contributed by atoms with Crippen LogP contribution in [-0.2, 0) is 9.59 Å². The molecule has 0 bridgehead atoms. The Balaban J connectivity index is 1.74. The molecule has 0 heterocycles. The fourth-order valence-electron chi connectivity index (χ4n) is 2.12. The third-order valence-corrected chi connectivity index (χ3v) is 4.33. The summed E-state index contributed by atoms with van der Waals surface area (Å²) in [4.78, 5) is 35.2. The van der Waals surface area contributed by atoms with Crippen LogP contribution in [0, 0.1) is 0 Å². The van der Waals surface area contributed by atoms with E-state index >= 15 is 0 Å². The van der Waals surface area contributed by atoms with Crippen LogP contribution in [-0.4, -0.2) is 36.2 Å². The Bertz CT molecular complexity index is 790. The first-order chi connectivity index (χ1) is 12.5. The van der Waals surface area contributed by atoms with E-state index in [0.717, 1.165) is 0 Å². The van der Waals surface area contributed by atoms with E-state index in [1.54, 1.807) is 55.6 Å². The smallest absolute Gasteiger partial charge is 0.234 e. The number of rotatable bonds is 8. The van der Waals surface area contributed by atoms with Gasteiger partial charge in [-0.05, 0) is 43.3 Å². The molecule has 0 saturated carbocycles. The van der Waals surface area contributed by atoms with Gasteiger partial charge in [0, 0.05) is 16.9 Å². The summed E-state index contributed by atoms with van der Waals surface area (Å²) in [6.45, 7) is 1.47. The molecule has 0 atom stereocenters. The number of nitrogens with one attached hydrogen (secondary N) is 2. The minimum atomic E-state index is -0.229. The maximum Gasteiger partial charge on any atom is 0.234 e. The number of ether oxygens (including phenoxy) is 1. The zero-order valence-electron chi connectivity index (χ0n) is 14.6. The van der Waals surface area contributed by atoms with Crippen molar-refractivity contribution in [3.63, 3.8) is 0 Å². The van der Waals surface area contributed by atoms with E-state index in [0.29, 0.717) is 22.7 Å². The van der Waals surface area contributed by atoms with Gasteiger partial charge < -0.3 is 15.4 Å². The predicted molar refractivity (Wildman–Crippen MR) is 104 cm³/mol. The highest BCUT2D eigenvalue weighted by atomic mass is 32.2. The molecule has 0 spiro atoms. The quantitative estimate of drug-likeness (QED) is 0.695. The van der Waals surface area contributed by atoms with Crippen LogP contribution in [0.4, 0.5) is 11.4 Å². The predicted octanol–water partition coefficient (Wildman–Crippen LogP) is 3.21. The largest absolute Gasteiger partial charge is 0.497 e. The summed E-state index contributed by atoms with van der Waals surface area (Å²) in [5.41, 5.74) is 1.77. The van der Waals surface area contributed by atoms with Crippen molar-refractivity contribution in [1.82, 2.24) is 0 Å². The van der Waals surface area contributed by atoms with E-state index in [1.807, 2.05) is 0 Å². The van der Waals surface area contributed by atoms with E-state index in [9.17, 15) is 14.4 Å². The minimum absolute atomic E-state index is 0.0642. The molecule has 0 aromatic heterocycles. The number of ketones is 1. The van der Waals surface area contributed by atoms with Crippen LogP contribution in [0.15, 0.2) is 48.5 Å². The lowest BCUT2D eigenvalue weighted by atomic mass is 10.1. The molecule has 0 aliphatic rings. The number of carbonyl (C=O) groups is 3. The molecule has 6 nitrogen and oxygen atoms in total. The summed E-state index contributed by atoms with van der Waals surface area (Å²) in [6.07, 6.45) is 0. The number of amides is 2. The summed E-state index contributed by atoms with van der Waals surface area (Å²) >= 11 is 1.21. The molecular formula is C19H20N2O4S. The summed E-state index contributed by atoms with van der Waals surface area (Å²) in [5, 5.41) is 5.47. The Morgan fingerprint density at radius 3 is 2.12 bits per heavy atom. The zero-order valence-corrected chi connectivity index (χ0v) is 15.4. The van der Waals surface area contributed by atoms with Crippen LogP contribution in [0.5, 0.6) is 5.75 Å². The van der Waals surface area contributed by atoms with E-state index in [1.165, 1.54) is 18.7 Å². The van der Waals surface area contributed by atoms with Crippen LogP contribution in [0.3, 0.4) is 0 Å². The lowest BCUT2D eigenvalue weighted by molar-refractivity contribution is -0.114. The fourth-order valence-corrected chi connectivity index (χ4v) is 2.74. The first-order valence-corrected chi connectivity index (χ1v) is 9.06. The number of carbonyl (C=O) groups excluding carboxylic acids is 3. The zero-order chi connectivity index (χ0) is 18.9. The van der Waals surface area contributed by atoms with Gasteiger partial charge in [-0.2, -0.15) is 0 Å². The molecule has 26 heavy (non-hydrogen) atoms. The highest BCUT2D eigenvalue weighted by Crippen LogP contribution is 2.16. The van der Waals surface area contributed by atoms with Crippen molar-refractivity contribution in [3.8, 4) is 5.75 Å². The van der Waals surface area contributed by atoms with Crippen molar-refractivity contribution < 1.29 is 19.1 Å². The highest BCUT2D eigenvalue weighted by molar-refractivity contribution is 8.00. The molecule has 136 valence electrons. The summed E-state index contributed by atoms with van der Waals surface area (Å²) in [5.74, 6) is 0.529. The van der Waals surface area contributed by atoms with Crippen molar-refractivity contribution in [2.24, 2.45) is 0 Å². The molecule has 7 heteroatoms.